The Morgan fingerprint density at radius 3 is 1.59 bits per heavy atom. The molecule has 1 fully saturated rings. The average molecular weight is 1160 g/mol. The molecule has 0 aliphatic carbocycles. The Bertz CT molecular complexity index is 2660. The van der Waals surface area contributed by atoms with Crippen LogP contribution < -0.4 is 16.2 Å². The Balaban J connectivity index is 0.00000427. The van der Waals surface area contributed by atoms with Gasteiger partial charge in [-0.15, -0.1) is 0 Å². The molecule has 440 valence electrons. The van der Waals surface area contributed by atoms with Gasteiger partial charge in [-0.3, -0.25) is 53.5 Å². The van der Waals surface area contributed by atoms with E-state index in [0.29, 0.717) is 45.4 Å². The van der Waals surface area contributed by atoms with E-state index >= 15 is 0 Å². The van der Waals surface area contributed by atoms with E-state index in [-0.39, 0.29) is 93.1 Å². The second-order valence-electron chi connectivity index (χ2n) is 21.6. The van der Waals surface area contributed by atoms with Gasteiger partial charge in [-0.2, -0.15) is 0 Å². The molecule has 0 aromatic carbocycles. The maximum Gasteiger partial charge on any atom is 3.00 e. The molecule has 23 nitrogen and oxygen atoms in total. The third-order valence-corrected chi connectivity index (χ3v) is 17.3. The van der Waals surface area contributed by atoms with E-state index in [2.05, 4.69) is 5.32 Å². The number of esters is 7. The molecule has 0 spiro atoms. The number of aliphatic imine (C=N–C) groups is 4. The molecule has 0 saturated carbocycles. The molecule has 5 rings (SSSR count). The molecule has 0 radical (unpaired) electrons. The minimum Gasteiger partial charge on any atom is -0.861 e. The molecule has 0 aromatic heterocycles. The summed E-state index contributed by atoms with van der Waals surface area (Å²) in [6, 6.07) is -0.973. The van der Waals surface area contributed by atoms with Crippen molar-refractivity contribution in [2.24, 2.45) is 71.0 Å². The number of methoxy groups -OCH3 is 7. The van der Waals surface area contributed by atoms with Crippen LogP contribution in [0.4, 0.5) is 0 Å². The van der Waals surface area contributed by atoms with E-state index in [4.69, 9.17) is 82.5 Å². The SMILES string of the molecule is COC(=O)CC[C@@H]1/C2=C(\C)C3=NC([C@H](CC(=O)OC)[C@@]3(C)CCC(=O)OC)[C@]3(C)N=C(/C(C)=C4\N/C(=C(/N=C([O-])CN)C(=N2)C1(C)C)[C@@H](CCC(=O)OC)[C@]4(C)CC(=O)OC)[C@@H](CCC(=O)OC)[C@]3(C)CC(=O)OC.[C-]#N.[C-]#N.[Co+3]. The predicted molar refractivity (Wildman–Crippen MR) is 283 cm³/mol. The van der Waals surface area contributed by atoms with Gasteiger partial charge in [0.2, 0.25) is 0 Å². The van der Waals surface area contributed by atoms with Crippen LogP contribution in [0.1, 0.15) is 126 Å². The second kappa shape index (κ2) is 28.6. The van der Waals surface area contributed by atoms with Gasteiger partial charge < -0.3 is 73.0 Å². The Morgan fingerprint density at radius 1 is 0.637 bits per heavy atom. The van der Waals surface area contributed by atoms with Crippen molar-refractivity contribution in [2.75, 3.05) is 56.3 Å². The molecule has 5 heterocycles. The van der Waals surface area contributed by atoms with Crippen LogP contribution in [0.25, 0.3) is 0 Å². The molecule has 5 aliphatic heterocycles. The van der Waals surface area contributed by atoms with Gasteiger partial charge in [-0.25, -0.2) is 0 Å². The molecule has 5 aliphatic rings. The van der Waals surface area contributed by atoms with Crippen molar-refractivity contribution < 1.29 is 88.6 Å². The molecule has 3 N–H and O–H groups in total. The van der Waals surface area contributed by atoms with Gasteiger partial charge in [0.15, 0.2) is 0 Å². The number of rotatable bonds is 20. The minimum atomic E-state index is -1.46. The molecule has 24 heteroatoms. The van der Waals surface area contributed by atoms with Gasteiger partial charge >= 0.3 is 58.6 Å². The number of nitrogens with one attached hydrogen (secondary N) is 1. The van der Waals surface area contributed by atoms with Crippen LogP contribution >= 0.6 is 0 Å². The van der Waals surface area contributed by atoms with Crippen LogP contribution in [-0.2, 0) is 83.5 Å². The van der Waals surface area contributed by atoms with Crippen molar-refractivity contribution in [3.8, 4) is 0 Å². The fraction of sp³-hybridized carbons (Fsp3) is 0.661. The first-order valence-corrected chi connectivity index (χ1v) is 25.8. The summed E-state index contributed by atoms with van der Waals surface area (Å²) in [6.45, 7) is 24.0. The number of carbonyl (C=O) groups excluding carboxylic acids is 7. The van der Waals surface area contributed by atoms with Crippen molar-refractivity contribution in [1.29, 1.82) is 10.5 Å². The van der Waals surface area contributed by atoms with Crippen LogP contribution in [0, 0.1) is 69.0 Å². The third-order valence-electron chi connectivity index (χ3n) is 17.3. The van der Waals surface area contributed by atoms with Crippen LogP contribution in [0.3, 0.4) is 0 Å². The molecule has 0 amide bonds. The van der Waals surface area contributed by atoms with Gasteiger partial charge in [0.05, 0.1) is 86.3 Å². The van der Waals surface area contributed by atoms with Crippen LogP contribution in [-0.4, -0.2) is 133 Å². The predicted octanol–water partition coefficient (Wildman–Crippen LogP) is 4.77. The molecular weight excluding hydrogens is 1080 g/mol. The zero-order chi connectivity index (χ0) is 60.2. The van der Waals surface area contributed by atoms with E-state index in [1.807, 2.05) is 55.4 Å². The van der Waals surface area contributed by atoms with Crippen LogP contribution in [0.15, 0.2) is 53.9 Å². The quantitative estimate of drug-likeness (QED) is 0.0545. The number of ether oxygens (including phenoxy) is 7. The van der Waals surface area contributed by atoms with E-state index in [1.165, 1.54) is 49.8 Å². The summed E-state index contributed by atoms with van der Waals surface area (Å²) in [4.78, 5) is 116. The van der Waals surface area contributed by atoms with E-state index in [9.17, 15) is 38.7 Å². The molecule has 80 heavy (non-hydrogen) atoms. The summed E-state index contributed by atoms with van der Waals surface area (Å²) in [7, 11) is 8.93. The van der Waals surface area contributed by atoms with Gasteiger partial charge in [0.1, 0.15) is 5.70 Å². The van der Waals surface area contributed by atoms with E-state index in [1.54, 1.807) is 0 Å². The molecular formula is C56H77CoN8O15. The molecule has 1 saturated heterocycles. The number of hydrogen-bond donors (Lipinski definition) is 2. The Hall–Kier alpha value is -6.76. The maximum absolute atomic E-state index is 14.1. The standard InChI is InChI=1S/C54H78N6O15.2CN.Co/c1-28-42-30(16-19-35(62)69-9)50(3,4)49(57-42)45(56-34(61)27-55)44-31(17-20-36(63)70-10)52(6,25-40(67)74-14)47(58-44)29(2)43-32(18-21-37(64)71-11)53(7,26-41(68)75-15)54(8,60-43)48-33(24-39(66)73-13)51(5,46(28)59-48)23-22-38(65)72-12;2*1-2;/h30-33,48,58H,16-27,55H2,1-15H3,(H,56,61);;;/q;2*-1;+3/p-1/b42-28-,45-44+,47-29-;;;/t30-,31-,32-,33+,48?,51-,52+,53+,54+;;;/m1.../s1. The number of carbonyl (C=O) groups is 7. The number of nitrogens with zero attached hydrogens (tertiary/aromatic N) is 6. The Morgan fingerprint density at radius 2 is 1.10 bits per heavy atom. The number of allylic oxidation sites excluding steroid dienone is 6. The molecule has 9 atom stereocenters. The number of hydrogen-bond acceptors (Lipinski definition) is 23. The second-order valence-corrected chi connectivity index (χ2v) is 21.6. The van der Waals surface area contributed by atoms with Crippen molar-refractivity contribution >= 4 is 64.8 Å². The summed E-state index contributed by atoms with van der Waals surface area (Å²) in [5, 5.41) is 30.1. The smallest absolute Gasteiger partial charge is 0.861 e. The van der Waals surface area contributed by atoms with E-state index in [0.717, 1.165) is 0 Å². The van der Waals surface area contributed by atoms with Gasteiger partial charge in [0, 0.05) is 106 Å². The third kappa shape index (κ3) is 13.4. The summed E-state index contributed by atoms with van der Waals surface area (Å²) < 4.78 is 36.8. The zero-order valence-corrected chi connectivity index (χ0v) is 49.6. The normalized spacial score (nSPS) is 30.7. The molecule has 1 unspecified atom stereocenters. The first-order valence-electron chi connectivity index (χ1n) is 25.8. The average Bonchev–Trinajstić information content (AvgIpc) is 4.08. The van der Waals surface area contributed by atoms with Crippen molar-refractivity contribution in [3.05, 3.63) is 47.1 Å². The summed E-state index contributed by atoms with van der Waals surface area (Å²) in [6.07, 6.45) is -0.721. The Kier molecular flexibility index (Phi) is 24.8. The summed E-state index contributed by atoms with van der Waals surface area (Å²) >= 11 is 0. The van der Waals surface area contributed by atoms with Crippen LogP contribution in [0.5, 0.6) is 0 Å². The van der Waals surface area contributed by atoms with Gasteiger partial charge in [0.25, 0.3) is 0 Å². The summed E-state index contributed by atoms with van der Waals surface area (Å²) in [5.41, 5.74) is 3.32. The number of nitrogens with two attached hydrogens (primary N) is 1. The van der Waals surface area contributed by atoms with E-state index < -0.39 is 111 Å². The summed E-state index contributed by atoms with van der Waals surface area (Å²) in [5.74, 6) is -7.58. The first kappa shape index (κ1) is 69.3. The van der Waals surface area contributed by atoms with Crippen molar-refractivity contribution in [3.63, 3.8) is 0 Å². The Labute approximate surface area is 479 Å². The van der Waals surface area contributed by atoms with Crippen molar-refractivity contribution in [1.82, 2.24) is 5.32 Å². The molecule has 0 aromatic rings. The fourth-order valence-corrected chi connectivity index (χ4v) is 12.8. The van der Waals surface area contributed by atoms with Crippen molar-refractivity contribution in [2.45, 2.75) is 138 Å². The maximum atomic E-state index is 14.1. The number of fused-ring (bicyclic) bond motifs is 6. The monoisotopic (exact) mass is 1160 g/mol. The zero-order valence-electron chi connectivity index (χ0n) is 48.6. The largest absolute Gasteiger partial charge is 3.00 e. The molecule has 8 bridgehead atoms. The van der Waals surface area contributed by atoms with Gasteiger partial charge in [-0.1, -0.05) is 34.6 Å². The topological polar surface area (TPSA) is 342 Å². The van der Waals surface area contributed by atoms with Crippen LogP contribution in [0.2, 0.25) is 0 Å². The fourth-order valence-electron chi connectivity index (χ4n) is 12.8. The minimum absolute atomic E-state index is 0. The first-order chi connectivity index (χ1) is 37.2. The van der Waals surface area contributed by atoms with Gasteiger partial charge in [-0.05, 0) is 63.5 Å².